The Labute approximate surface area is 118 Å². The molecule has 2 nitrogen and oxygen atoms in total. The molecule has 1 aromatic rings. The minimum atomic E-state index is -4.28. The molecule has 5 heteroatoms. The summed E-state index contributed by atoms with van der Waals surface area (Å²) >= 11 is 0. The van der Waals surface area contributed by atoms with Crippen LogP contribution in [0.3, 0.4) is 0 Å². The maximum atomic E-state index is 12.1. The molecule has 0 fully saturated rings. The lowest BCUT2D eigenvalue weighted by Gasteiger charge is -2.20. The summed E-state index contributed by atoms with van der Waals surface area (Å²) in [6, 6.07) is 8.08. The number of rotatable bonds is 7. The number of benzene rings is 1. The van der Waals surface area contributed by atoms with E-state index in [4.69, 9.17) is 4.74 Å². The first-order valence-corrected chi connectivity index (χ1v) is 6.72. The van der Waals surface area contributed by atoms with Crippen LogP contribution in [0.2, 0.25) is 0 Å². The summed E-state index contributed by atoms with van der Waals surface area (Å²) < 4.78 is 41.3. The van der Waals surface area contributed by atoms with E-state index in [0.717, 1.165) is 11.1 Å². The molecule has 1 aromatic carbocycles. The first kappa shape index (κ1) is 17.0. The molecule has 0 saturated carbocycles. The molecule has 0 spiro atoms. The fourth-order valence-electron chi connectivity index (χ4n) is 1.89. The highest BCUT2D eigenvalue weighted by atomic mass is 19.4. The van der Waals surface area contributed by atoms with Crippen LogP contribution in [0.4, 0.5) is 13.2 Å². The van der Waals surface area contributed by atoms with Gasteiger partial charge < -0.3 is 10.1 Å². The van der Waals surface area contributed by atoms with Crippen molar-refractivity contribution in [2.24, 2.45) is 0 Å². The van der Waals surface area contributed by atoms with Crippen LogP contribution in [0.1, 0.15) is 30.9 Å². The summed E-state index contributed by atoms with van der Waals surface area (Å²) in [5.41, 5.74) is 2.09. The van der Waals surface area contributed by atoms with E-state index < -0.39 is 12.8 Å². The third kappa shape index (κ3) is 6.91. The molecule has 0 aromatic heterocycles. The second kappa shape index (κ2) is 7.64. The average molecular weight is 289 g/mol. The van der Waals surface area contributed by atoms with Crippen molar-refractivity contribution in [2.45, 2.75) is 38.9 Å². The zero-order valence-corrected chi connectivity index (χ0v) is 12.1. The Kier molecular flexibility index (Phi) is 6.49. The molecule has 0 radical (unpaired) electrons. The van der Waals surface area contributed by atoms with E-state index in [0.29, 0.717) is 6.54 Å². The summed E-state index contributed by atoms with van der Waals surface area (Å²) in [5, 5.41) is 3.25. The third-order valence-electron chi connectivity index (χ3n) is 2.87. The van der Waals surface area contributed by atoms with Gasteiger partial charge in [0.1, 0.15) is 6.61 Å². The van der Waals surface area contributed by atoms with Gasteiger partial charge in [-0.05, 0) is 12.5 Å². The minimum Gasteiger partial charge on any atom is -0.371 e. The van der Waals surface area contributed by atoms with Crippen molar-refractivity contribution < 1.29 is 17.9 Å². The molecule has 0 aliphatic carbocycles. The monoisotopic (exact) mass is 289 g/mol. The van der Waals surface area contributed by atoms with Gasteiger partial charge in [0.25, 0.3) is 0 Å². The maximum Gasteiger partial charge on any atom is 0.411 e. The molecule has 0 bridgehead atoms. The normalized spacial score (nSPS) is 13.8. The summed E-state index contributed by atoms with van der Waals surface area (Å²) in [4.78, 5) is 0. The van der Waals surface area contributed by atoms with Gasteiger partial charge in [-0.1, -0.05) is 43.7 Å². The summed E-state index contributed by atoms with van der Waals surface area (Å²) in [7, 11) is 0. The Bertz CT molecular complexity index is 404. The van der Waals surface area contributed by atoms with Crippen LogP contribution in [-0.2, 0) is 4.74 Å². The number of alkyl halides is 3. The molecule has 1 unspecified atom stereocenters. The van der Waals surface area contributed by atoms with Gasteiger partial charge in [-0.15, -0.1) is 0 Å². The lowest BCUT2D eigenvalue weighted by molar-refractivity contribution is -0.174. The number of hydrogen-bond acceptors (Lipinski definition) is 2. The number of hydrogen-bond donors (Lipinski definition) is 1. The van der Waals surface area contributed by atoms with Crippen LogP contribution < -0.4 is 5.32 Å². The van der Waals surface area contributed by atoms with Crippen LogP contribution >= 0.6 is 0 Å². The molecule has 114 valence electrons. The SMILES string of the molecule is Cc1cccc(C(CNC(C)C)COCC(F)(F)F)c1. The highest BCUT2D eigenvalue weighted by molar-refractivity contribution is 5.25. The minimum absolute atomic E-state index is 0.0582. The second-order valence-corrected chi connectivity index (χ2v) is 5.30. The zero-order valence-electron chi connectivity index (χ0n) is 12.1. The number of halogens is 3. The van der Waals surface area contributed by atoms with Crippen molar-refractivity contribution in [2.75, 3.05) is 19.8 Å². The van der Waals surface area contributed by atoms with Gasteiger partial charge in [0.05, 0.1) is 6.61 Å². The highest BCUT2D eigenvalue weighted by Gasteiger charge is 2.28. The van der Waals surface area contributed by atoms with Gasteiger partial charge in [0, 0.05) is 18.5 Å². The van der Waals surface area contributed by atoms with Crippen LogP contribution in [0, 0.1) is 6.92 Å². The van der Waals surface area contributed by atoms with Gasteiger partial charge in [-0.3, -0.25) is 0 Å². The van der Waals surface area contributed by atoms with E-state index in [1.54, 1.807) is 0 Å². The average Bonchev–Trinajstić information content (AvgIpc) is 2.31. The van der Waals surface area contributed by atoms with Gasteiger partial charge in [-0.2, -0.15) is 13.2 Å². The summed E-state index contributed by atoms with van der Waals surface area (Å²) in [5.74, 6) is -0.0837. The van der Waals surface area contributed by atoms with Crippen molar-refractivity contribution in [3.8, 4) is 0 Å². The van der Waals surface area contributed by atoms with Crippen LogP contribution in [0.15, 0.2) is 24.3 Å². The molecule has 0 saturated heterocycles. The molecule has 0 aliphatic rings. The molecule has 0 aliphatic heterocycles. The Hall–Kier alpha value is -1.07. The lowest BCUT2D eigenvalue weighted by atomic mass is 9.98. The predicted molar refractivity (Wildman–Crippen MR) is 73.9 cm³/mol. The standard InChI is InChI=1S/C15H22F3NO/c1-11(2)19-8-14(9-20-10-15(16,17)18)13-6-4-5-12(3)7-13/h4-7,11,14,19H,8-10H2,1-3H3. The van der Waals surface area contributed by atoms with Crippen molar-refractivity contribution in [3.63, 3.8) is 0 Å². The molecule has 1 rings (SSSR count). The number of aryl methyl sites for hydroxylation is 1. The first-order valence-electron chi connectivity index (χ1n) is 6.72. The van der Waals surface area contributed by atoms with Gasteiger partial charge in [-0.25, -0.2) is 0 Å². The Morgan fingerprint density at radius 2 is 1.95 bits per heavy atom. The predicted octanol–water partition coefficient (Wildman–Crippen LogP) is 3.66. The molecule has 20 heavy (non-hydrogen) atoms. The van der Waals surface area contributed by atoms with Crippen molar-refractivity contribution in [1.29, 1.82) is 0 Å². The fourth-order valence-corrected chi connectivity index (χ4v) is 1.89. The van der Waals surface area contributed by atoms with E-state index in [2.05, 4.69) is 5.32 Å². The van der Waals surface area contributed by atoms with Crippen LogP contribution in [0.5, 0.6) is 0 Å². The van der Waals surface area contributed by atoms with E-state index in [-0.39, 0.29) is 18.6 Å². The number of ether oxygens (including phenoxy) is 1. The van der Waals surface area contributed by atoms with Crippen molar-refractivity contribution in [3.05, 3.63) is 35.4 Å². The first-order chi connectivity index (χ1) is 9.28. The summed E-state index contributed by atoms with van der Waals surface area (Å²) in [6.07, 6.45) is -4.28. The quantitative estimate of drug-likeness (QED) is 0.827. The van der Waals surface area contributed by atoms with Crippen molar-refractivity contribution >= 4 is 0 Å². The van der Waals surface area contributed by atoms with E-state index in [1.807, 2.05) is 45.0 Å². The Morgan fingerprint density at radius 3 is 2.50 bits per heavy atom. The van der Waals surface area contributed by atoms with Gasteiger partial charge in [0.15, 0.2) is 0 Å². The molecule has 0 amide bonds. The fraction of sp³-hybridized carbons (Fsp3) is 0.600. The highest BCUT2D eigenvalue weighted by Crippen LogP contribution is 2.20. The maximum absolute atomic E-state index is 12.1. The lowest BCUT2D eigenvalue weighted by Crippen LogP contribution is -2.31. The Balaban J connectivity index is 2.65. The third-order valence-corrected chi connectivity index (χ3v) is 2.87. The Morgan fingerprint density at radius 1 is 1.25 bits per heavy atom. The van der Waals surface area contributed by atoms with Gasteiger partial charge >= 0.3 is 6.18 Å². The number of nitrogens with one attached hydrogen (secondary N) is 1. The molecule has 0 heterocycles. The van der Waals surface area contributed by atoms with Gasteiger partial charge in [0.2, 0.25) is 0 Å². The smallest absolute Gasteiger partial charge is 0.371 e. The summed E-state index contributed by atoms with van der Waals surface area (Å²) in [6.45, 7) is 5.43. The largest absolute Gasteiger partial charge is 0.411 e. The zero-order chi connectivity index (χ0) is 15.2. The topological polar surface area (TPSA) is 21.3 Å². The molecular weight excluding hydrogens is 267 g/mol. The molecule has 1 atom stereocenters. The second-order valence-electron chi connectivity index (χ2n) is 5.30. The van der Waals surface area contributed by atoms with E-state index in [9.17, 15) is 13.2 Å². The van der Waals surface area contributed by atoms with Crippen LogP contribution in [-0.4, -0.2) is 32.0 Å². The van der Waals surface area contributed by atoms with E-state index in [1.165, 1.54) is 0 Å². The molecular formula is C15H22F3NO. The van der Waals surface area contributed by atoms with E-state index >= 15 is 0 Å². The molecule has 1 N–H and O–H groups in total. The van der Waals surface area contributed by atoms with Crippen LogP contribution in [0.25, 0.3) is 0 Å². The van der Waals surface area contributed by atoms with Crippen molar-refractivity contribution in [1.82, 2.24) is 5.32 Å².